The van der Waals surface area contributed by atoms with E-state index >= 15 is 0 Å². The lowest BCUT2D eigenvalue weighted by atomic mass is 9.93. The molecule has 2 fully saturated rings. The second-order valence-corrected chi connectivity index (χ2v) is 5.56. The Balaban J connectivity index is 1.99. The molecule has 1 saturated carbocycles. The molecule has 2 rings (SSSR count). The smallest absolute Gasteiger partial charge is 0.227 e. The number of hydrogen-bond donors (Lipinski definition) is 2. The predicted octanol–water partition coefficient (Wildman–Crippen LogP) is 0.487. The van der Waals surface area contributed by atoms with E-state index in [0.717, 1.165) is 38.6 Å². The summed E-state index contributed by atoms with van der Waals surface area (Å²) in [5.74, 6) is 0.152. The van der Waals surface area contributed by atoms with Crippen molar-refractivity contribution in [2.45, 2.75) is 50.7 Å². The fourth-order valence-electron chi connectivity index (χ4n) is 2.94. The van der Waals surface area contributed by atoms with Gasteiger partial charge in [-0.15, -0.1) is 0 Å². The van der Waals surface area contributed by atoms with Crippen molar-refractivity contribution in [2.24, 2.45) is 11.7 Å². The van der Waals surface area contributed by atoms with Gasteiger partial charge in [0, 0.05) is 19.1 Å². The minimum atomic E-state index is -0.712. The van der Waals surface area contributed by atoms with Gasteiger partial charge in [-0.3, -0.25) is 4.79 Å². The van der Waals surface area contributed by atoms with Crippen LogP contribution in [0.1, 0.15) is 39.0 Å². The molecular formula is C12H22N2O2. The number of likely N-dealkylation sites (tertiary alicyclic amines) is 1. The van der Waals surface area contributed by atoms with Gasteiger partial charge in [-0.2, -0.15) is 0 Å². The van der Waals surface area contributed by atoms with Gasteiger partial charge in [0.15, 0.2) is 0 Å². The molecule has 0 spiro atoms. The lowest BCUT2D eigenvalue weighted by molar-refractivity contribution is -0.142. The van der Waals surface area contributed by atoms with Gasteiger partial charge in [0.2, 0.25) is 5.91 Å². The number of amides is 1. The Morgan fingerprint density at radius 2 is 2.19 bits per heavy atom. The Kier molecular flexibility index (Phi) is 3.22. The number of carbonyl (C=O) groups is 1. The second kappa shape index (κ2) is 4.34. The van der Waals surface area contributed by atoms with E-state index in [0.29, 0.717) is 6.54 Å². The lowest BCUT2D eigenvalue weighted by Crippen LogP contribution is -2.51. The Morgan fingerprint density at radius 3 is 2.75 bits per heavy atom. The average molecular weight is 226 g/mol. The minimum absolute atomic E-state index is 0.00565. The summed E-state index contributed by atoms with van der Waals surface area (Å²) in [6, 6.07) is 0.0272. The van der Waals surface area contributed by atoms with E-state index in [4.69, 9.17) is 5.73 Å². The normalized spacial score (nSPS) is 40.1. The van der Waals surface area contributed by atoms with Crippen molar-refractivity contribution in [2.75, 3.05) is 13.1 Å². The summed E-state index contributed by atoms with van der Waals surface area (Å²) in [6.07, 6.45) is 4.61. The second-order valence-electron chi connectivity index (χ2n) is 5.56. The summed E-state index contributed by atoms with van der Waals surface area (Å²) in [5, 5.41) is 9.98. The molecule has 16 heavy (non-hydrogen) atoms. The van der Waals surface area contributed by atoms with E-state index in [-0.39, 0.29) is 17.9 Å². The van der Waals surface area contributed by atoms with Crippen molar-refractivity contribution in [3.63, 3.8) is 0 Å². The van der Waals surface area contributed by atoms with E-state index < -0.39 is 5.60 Å². The van der Waals surface area contributed by atoms with Crippen LogP contribution in [0.15, 0.2) is 0 Å². The zero-order chi connectivity index (χ0) is 11.8. The van der Waals surface area contributed by atoms with Gasteiger partial charge < -0.3 is 15.7 Å². The third kappa shape index (κ3) is 2.38. The molecule has 1 heterocycles. The highest BCUT2D eigenvalue weighted by Crippen LogP contribution is 2.28. The van der Waals surface area contributed by atoms with E-state index in [1.54, 1.807) is 11.8 Å². The van der Waals surface area contributed by atoms with E-state index in [2.05, 4.69) is 0 Å². The molecule has 1 aliphatic carbocycles. The first-order valence-electron chi connectivity index (χ1n) is 6.26. The van der Waals surface area contributed by atoms with Gasteiger partial charge >= 0.3 is 0 Å². The largest absolute Gasteiger partial charge is 0.388 e. The number of hydrogen-bond acceptors (Lipinski definition) is 3. The predicted molar refractivity (Wildman–Crippen MR) is 61.8 cm³/mol. The molecule has 1 amide bonds. The van der Waals surface area contributed by atoms with Gasteiger partial charge in [-0.25, -0.2) is 0 Å². The highest BCUT2D eigenvalue weighted by atomic mass is 16.3. The molecule has 0 aromatic carbocycles. The summed E-state index contributed by atoms with van der Waals surface area (Å²) in [7, 11) is 0. The highest BCUT2D eigenvalue weighted by molar-refractivity contribution is 5.80. The fourth-order valence-corrected chi connectivity index (χ4v) is 2.94. The average Bonchev–Trinajstić information content (AvgIpc) is 2.62. The first-order valence-corrected chi connectivity index (χ1v) is 6.26. The van der Waals surface area contributed by atoms with Crippen LogP contribution in [0.3, 0.4) is 0 Å². The number of nitrogens with two attached hydrogens (primary N) is 1. The maximum Gasteiger partial charge on any atom is 0.227 e. The molecule has 0 aromatic rings. The van der Waals surface area contributed by atoms with Crippen LogP contribution < -0.4 is 5.73 Å². The zero-order valence-electron chi connectivity index (χ0n) is 9.98. The third-order valence-corrected chi connectivity index (χ3v) is 3.87. The zero-order valence-corrected chi connectivity index (χ0v) is 9.98. The molecule has 0 aromatic heterocycles. The summed E-state index contributed by atoms with van der Waals surface area (Å²) < 4.78 is 0. The van der Waals surface area contributed by atoms with Crippen molar-refractivity contribution >= 4 is 5.91 Å². The van der Waals surface area contributed by atoms with Crippen molar-refractivity contribution in [3.8, 4) is 0 Å². The van der Waals surface area contributed by atoms with Crippen LogP contribution in [0.5, 0.6) is 0 Å². The molecule has 92 valence electrons. The first-order chi connectivity index (χ1) is 7.49. The Hall–Kier alpha value is -0.610. The molecule has 0 bridgehead atoms. The minimum Gasteiger partial charge on any atom is -0.388 e. The van der Waals surface area contributed by atoms with E-state index in [9.17, 15) is 9.90 Å². The van der Waals surface area contributed by atoms with Gasteiger partial charge in [0.25, 0.3) is 0 Å². The summed E-state index contributed by atoms with van der Waals surface area (Å²) >= 11 is 0. The lowest BCUT2D eigenvalue weighted by Gasteiger charge is -2.38. The molecule has 3 N–H and O–H groups in total. The van der Waals surface area contributed by atoms with Crippen molar-refractivity contribution in [3.05, 3.63) is 0 Å². The molecule has 3 atom stereocenters. The molecule has 2 aliphatic rings. The van der Waals surface area contributed by atoms with Crippen LogP contribution >= 0.6 is 0 Å². The summed E-state index contributed by atoms with van der Waals surface area (Å²) in [6.45, 7) is 3.05. The quantitative estimate of drug-likeness (QED) is 0.683. The molecule has 0 radical (unpaired) electrons. The molecule has 1 aliphatic heterocycles. The van der Waals surface area contributed by atoms with Crippen molar-refractivity contribution in [1.29, 1.82) is 0 Å². The molecule has 4 heteroatoms. The Labute approximate surface area is 96.8 Å². The Morgan fingerprint density at radius 1 is 1.44 bits per heavy atom. The number of rotatable bonds is 1. The maximum absolute atomic E-state index is 12.2. The molecule has 4 nitrogen and oxygen atoms in total. The number of carbonyl (C=O) groups excluding carboxylic acids is 1. The standard InChI is InChI=1S/C12H22N2O2/c1-12(16)6-3-7-14(8-12)11(15)9-4-2-5-10(9)13/h9-10,16H,2-8,13H2,1H3. The van der Waals surface area contributed by atoms with Crippen molar-refractivity contribution in [1.82, 2.24) is 4.90 Å². The number of β-amino-alcohol motifs (C(OH)–C–C–N with tert-alkyl or cyclic N) is 1. The van der Waals surface area contributed by atoms with Gasteiger partial charge in [0.1, 0.15) is 0 Å². The maximum atomic E-state index is 12.2. The fraction of sp³-hybridized carbons (Fsp3) is 0.917. The van der Waals surface area contributed by atoms with Gasteiger partial charge in [0.05, 0.1) is 11.5 Å². The molecule has 3 unspecified atom stereocenters. The SMILES string of the molecule is CC1(O)CCCN(C(=O)C2CCCC2N)C1. The van der Waals surface area contributed by atoms with E-state index in [1.807, 2.05) is 0 Å². The van der Waals surface area contributed by atoms with Crippen LogP contribution in [0, 0.1) is 5.92 Å². The number of aliphatic hydroxyl groups is 1. The van der Waals surface area contributed by atoms with Gasteiger partial charge in [-0.05, 0) is 32.6 Å². The number of nitrogens with zero attached hydrogens (tertiary/aromatic N) is 1. The van der Waals surface area contributed by atoms with Gasteiger partial charge in [-0.1, -0.05) is 6.42 Å². The first kappa shape index (κ1) is 11.9. The summed E-state index contributed by atoms with van der Waals surface area (Å²) in [5.41, 5.74) is 5.23. The molecule has 1 saturated heterocycles. The van der Waals surface area contributed by atoms with Crippen molar-refractivity contribution < 1.29 is 9.90 Å². The van der Waals surface area contributed by atoms with Crippen LogP contribution in [0.25, 0.3) is 0 Å². The van der Waals surface area contributed by atoms with Crippen LogP contribution in [-0.2, 0) is 4.79 Å². The van der Waals surface area contributed by atoms with Crippen LogP contribution in [-0.4, -0.2) is 40.6 Å². The summed E-state index contributed by atoms with van der Waals surface area (Å²) in [4.78, 5) is 14.0. The molecular weight excluding hydrogens is 204 g/mol. The topological polar surface area (TPSA) is 66.6 Å². The number of piperidine rings is 1. The van der Waals surface area contributed by atoms with Crippen LogP contribution in [0.4, 0.5) is 0 Å². The highest BCUT2D eigenvalue weighted by Gasteiger charge is 2.37. The third-order valence-electron chi connectivity index (χ3n) is 3.87. The Bertz CT molecular complexity index is 278. The monoisotopic (exact) mass is 226 g/mol. The van der Waals surface area contributed by atoms with E-state index in [1.165, 1.54) is 0 Å². The van der Waals surface area contributed by atoms with Crippen LogP contribution in [0.2, 0.25) is 0 Å².